The minimum absolute atomic E-state index is 0.114. The Balaban J connectivity index is 1.53. The Bertz CT molecular complexity index is 949. The molecule has 0 unspecified atom stereocenters. The van der Waals surface area contributed by atoms with Gasteiger partial charge in [0.25, 0.3) is 0 Å². The standard InChI is InChI=1S/C20H20N4OS/c1-13-6-10-18(11-7-13)24-20(21-22-23-24)26-14(2)19(25)17-9-8-15-4-3-5-16(15)12-17/h6-12,14H,3-5H2,1-2H3/t14-/m1/s1. The molecular formula is C20H20N4OS. The van der Waals surface area contributed by atoms with Gasteiger partial charge in [-0.3, -0.25) is 4.79 Å². The summed E-state index contributed by atoms with van der Waals surface area (Å²) in [7, 11) is 0. The molecule has 1 aromatic heterocycles. The Morgan fingerprint density at radius 1 is 1.12 bits per heavy atom. The number of tetrazole rings is 1. The van der Waals surface area contributed by atoms with E-state index in [0.717, 1.165) is 24.1 Å². The zero-order chi connectivity index (χ0) is 18.1. The van der Waals surface area contributed by atoms with Gasteiger partial charge in [0.15, 0.2) is 5.78 Å². The van der Waals surface area contributed by atoms with E-state index in [1.165, 1.54) is 34.9 Å². The number of rotatable bonds is 5. The lowest BCUT2D eigenvalue weighted by molar-refractivity contribution is 0.0993. The number of fused-ring (bicyclic) bond motifs is 1. The third kappa shape index (κ3) is 3.29. The molecule has 0 N–H and O–H groups in total. The molecule has 0 amide bonds. The van der Waals surface area contributed by atoms with Gasteiger partial charge in [-0.05, 0) is 72.9 Å². The molecule has 0 radical (unpaired) electrons. The highest BCUT2D eigenvalue weighted by molar-refractivity contribution is 8.00. The van der Waals surface area contributed by atoms with Crippen molar-refractivity contribution >= 4 is 17.5 Å². The van der Waals surface area contributed by atoms with E-state index in [2.05, 4.69) is 27.7 Å². The van der Waals surface area contributed by atoms with E-state index in [9.17, 15) is 4.79 Å². The SMILES string of the molecule is Cc1ccc(-n2nnnc2S[C@H](C)C(=O)c2ccc3c(c2)CCC3)cc1. The van der Waals surface area contributed by atoms with Crippen LogP contribution < -0.4 is 0 Å². The first-order valence-electron chi connectivity index (χ1n) is 8.80. The molecule has 26 heavy (non-hydrogen) atoms. The van der Waals surface area contributed by atoms with Crippen molar-refractivity contribution in [2.45, 2.75) is 43.5 Å². The highest BCUT2D eigenvalue weighted by atomic mass is 32.2. The first-order chi connectivity index (χ1) is 12.6. The van der Waals surface area contributed by atoms with Crippen LogP contribution in [0.2, 0.25) is 0 Å². The van der Waals surface area contributed by atoms with Crippen LogP contribution in [0, 0.1) is 6.92 Å². The minimum atomic E-state index is -0.260. The molecule has 0 spiro atoms. The fourth-order valence-electron chi connectivity index (χ4n) is 3.27. The molecule has 1 aliphatic carbocycles. The number of carbonyl (C=O) groups excluding carboxylic acids is 1. The van der Waals surface area contributed by atoms with Crippen molar-refractivity contribution in [3.8, 4) is 5.69 Å². The summed E-state index contributed by atoms with van der Waals surface area (Å²) in [6, 6.07) is 14.1. The number of Topliss-reactive ketones (excluding diaryl/α,β-unsaturated/α-hetero) is 1. The second kappa shape index (κ2) is 7.03. The quantitative estimate of drug-likeness (QED) is 0.509. The van der Waals surface area contributed by atoms with E-state index in [4.69, 9.17) is 0 Å². The van der Waals surface area contributed by atoms with Gasteiger partial charge in [0.05, 0.1) is 10.9 Å². The molecular weight excluding hydrogens is 344 g/mol. The number of nitrogens with zero attached hydrogens (tertiary/aromatic N) is 4. The lowest BCUT2D eigenvalue weighted by atomic mass is 10.0. The zero-order valence-electron chi connectivity index (χ0n) is 14.8. The maximum Gasteiger partial charge on any atom is 0.214 e. The van der Waals surface area contributed by atoms with E-state index in [0.29, 0.717) is 5.16 Å². The van der Waals surface area contributed by atoms with E-state index in [1.807, 2.05) is 44.2 Å². The lowest BCUT2D eigenvalue weighted by Crippen LogP contribution is -2.15. The number of hydrogen-bond donors (Lipinski definition) is 0. The van der Waals surface area contributed by atoms with Gasteiger partial charge in [-0.1, -0.05) is 41.6 Å². The molecule has 132 valence electrons. The fraction of sp³-hybridized carbons (Fsp3) is 0.300. The molecule has 1 aliphatic rings. The third-order valence-corrected chi connectivity index (χ3v) is 5.79. The van der Waals surface area contributed by atoms with Crippen molar-refractivity contribution in [3.05, 3.63) is 64.7 Å². The molecule has 0 fully saturated rings. The first-order valence-corrected chi connectivity index (χ1v) is 9.68. The number of aromatic nitrogens is 4. The topological polar surface area (TPSA) is 60.7 Å². The molecule has 1 heterocycles. The number of benzene rings is 2. The largest absolute Gasteiger partial charge is 0.293 e. The van der Waals surface area contributed by atoms with Gasteiger partial charge < -0.3 is 0 Å². The van der Waals surface area contributed by atoms with Crippen molar-refractivity contribution < 1.29 is 4.79 Å². The van der Waals surface area contributed by atoms with Gasteiger partial charge in [-0.15, -0.1) is 5.10 Å². The Hall–Kier alpha value is -2.47. The van der Waals surface area contributed by atoms with Gasteiger partial charge in [0, 0.05) is 5.56 Å². The number of thioether (sulfide) groups is 1. The maximum atomic E-state index is 12.9. The van der Waals surface area contributed by atoms with E-state index in [-0.39, 0.29) is 11.0 Å². The average Bonchev–Trinajstić information content (AvgIpc) is 3.30. The molecule has 3 aromatic rings. The van der Waals surface area contributed by atoms with Crippen LogP contribution in [-0.2, 0) is 12.8 Å². The monoisotopic (exact) mass is 364 g/mol. The van der Waals surface area contributed by atoms with Crippen LogP contribution in [0.1, 0.15) is 40.4 Å². The summed E-state index contributed by atoms with van der Waals surface area (Å²) in [4.78, 5) is 12.9. The van der Waals surface area contributed by atoms with Crippen LogP contribution in [0.3, 0.4) is 0 Å². The molecule has 5 nitrogen and oxygen atoms in total. The summed E-state index contributed by atoms with van der Waals surface area (Å²) in [5.41, 5.74) is 5.54. The Labute approximate surface area is 156 Å². The van der Waals surface area contributed by atoms with E-state index < -0.39 is 0 Å². The normalized spacial score (nSPS) is 14.2. The van der Waals surface area contributed by atoms with Crippen molar-refractivity contribution in [3.63, 3.8) is 0 Å². The summed E-state index contributed by atoms with van der Waals surface area (Å²) in [5.74, 6) is 0.114. The number of carbonyl (C=O) groups is 1. The summed E-state index contributed by atoms with van der Waals surface area (Å²) < 4.78 is 1.68. The van der Waals surface area contributed by atoms with Crippen molar-refractivity contribution in [1.29, 1.82) is 0 Å². The Kier molecular flexibility index (Phi) is 4.59. The molecule has 4 rings (SSSR count). The van der Waals surface area contributed by atoms with Crippen molar-refractivity contribution in [2.24, 2.45) is 0 Å². The van der Waals surface area contributed by atoms with Crippen LogP contribution >= 0.6 is 11.8 Å². The summed E-state index contributed by atoms with van der Waals surface area (Å²) in [6.45, 7) is 3.95. The predicted molar refractivity (Wildman–Crippen MR) is 102 cm³/mol. The van der Waals surface area contributed by atoms with Gasteiger partial charge >= 0.3 is 0 Å². The summed E-state index contributed by atoms with van der Waals surface area (Å²) in [6.07, 6.45) is 3.38. The molecule has 6 heteroatoms. The van der Waals surface area contributed by atoms with E-state index in [1.54, 1.807) is 4.68 Å². The van der Waals surface area contributed by atoms with Crippen molar-refractivity contribution in [1.82, 2.24) is 20.2 Å². The summed E-state index contributed by atoms with van der Waals surface area (Å²) >= 11 is 1.39. The zero-order valence-corrected chi connectivity index (χ0v) is 15.7. The molecule has 1 atom stereocenters. The Morgan fingerprint density at radius 3 is 2.69 bits per heavy atom. The third-order valence-electron chi connectivity index (χ3n) is 4.75. The smallest absolute Gasteiger partial charge is 0.214 e. The second-order valence-corrected chi connectivity index (χ2v) is 7.98. The van der Waals surface area contributed by atoms with Crippen LogP contribution in [0.4, 0.5) is 0 Å². The van der Waals surface area contributed by atoms with E-state index >= 15 is 0 Å². The van der Waals surface area contributed by atoms with Crippen LogP contribution in [-0.4, -0.2) is 31.2 Å². The highest BCUT2D eigenvalue weighted by Gasteiger charge is 2.22. The maximum absolute atomic E-state index is 12.9. The van der Waals surface area contributed by atoms with Gasteiger partial charge in [0.2, 0.25) is 5.16 Å². The average molecular weight is 364 g/mol. The molecule has 0 saturated heterocycles. The second-order valence-electron chi connectivity index (χ2n) is 6.67. The molecule has 0 saturated carbocycles. The highest BCUT2D eigenvalue weighted by Crippen LogP contribution is 2.28. The fourth-order valence-corrected chi connectivity index (χ4v) is 4.16. The van der Waals surface area contributed by atoms with Gasteiger partial charge in [0.1, 0.15) is 0 Å². The number of aryl methyl sites for hydroxylation is 3. The molecule has 0 aliphatic heterocycles. The van der Waals surface area contributed by atoms with Crippen LogP contribution in [0.5, 0.6) is 0 Å². The minimum Gasteiger partial charge on any atom is -0.293 e. The van der Waals surface area contributed by atoms with Crippen LogP contribution in [0.25, 0.3) is 5.69 Å². The van der Waals surface area contributed by atoms with Crippen LogP contribution in [0.15, 0.2) is 47.6 Å². The first kappa shape index (κ1) is 17.0. The number of ketones is 1. The van der Waals surface area contributed by atoms with Crippen molar-refractivity contribution in [2.75, 3.05) is 0 Å². The molecule has 2 aromatic carbocycles. The molecule has 0 bridgehead atoms. The lowest BCUT2D eigenvalue weighted by Gasteiger charge is -2.11. The van der Waals surface area contributed by atoms with Gasteiger partial charge in [-0.2, -0.15) is 4.68 Å². The summed E-state index contributed by atoms with van der Waals surface area (Å²) in [5, 5.41) is 12.3. The van der Waals surface area contributed by atoms with Gasteiger partial charge in [-0.25, -0.2) is 0 Å². The Morgan fingerprint density at radius 2 is 1.88 bits per heavy atom. The number of hydrogen-bond acceptors (Lipinski definition) is 5. The predicted octanol–water partition coefficient (Wildman–Crippen LogP) is 3.82.